The zero-order chi connectivity index (χ0) is 15.1. The molecule has 2 nitrogen and oxygen atoms in total. The van der Waals surface area contributed by atoms with E-state index in [0.717, 1.165) is 25.1 Å². The molecule has 0 fully saturated rings. The molecule has 0 amide bonds. The number of unbranched alkanes of at least 4 members (excludes halogenated alkanes) is 1. The summed E-state index contributed by atoms with van der Waals surface area (Å²) in [7, 11) is 0. The first kappa shape index (κ1) is 15.6. The lowest BCUT2D eigenvalue weighted by Crippen LogP contribution is -2.31. The predicted octanol–water partition coefficient (Wildman–Crippen LogP) is 4.83. The van der Waals surface area contributed by atoms with Crippen molar-refractivity contribution in [3.8, 4) is 0 Å². The molecule has 0 aliphatic rings. The topological polar surface area (TPSA) is 20.3 Å². The molecule has 0 radical (unpaired) electrons. The molecule has 2 aromatic rings. The smallest absolute Gasteiger partial charge is 0.183 e. The molecule has 2 rings (SSSR count). The Labute approximate surface area is 131 Å². The van der Waals surface area contributed by atoms with Crippen molar-refractivity contribution >= 4 is 23.1 Å². The molecule has 2 aromatic carbocycles. The highest BCUT2D eigenvalue weighted by atomic mass is 35.5. The number of anilines is 1. The third-order valence-corrected chi connectivity index (χ3v) is 3.74. The molecular weight excluding hydrogens is 282 g/mol. The van der Waals surface area contributed by atoms with E-state index in [0.29, 0.717) is 17.1 Å². The molecule has 0 heterocycles. The summed E-state index contributed by atoms with van der Waals surface area (Å²) in [6.07, 6.45) is 2.16. The molecule has 0 N–H and O–H groups in total. The standard InChI is InChI=1S/C18H20ClNO/c1-2-3-13-20(15-9-5-4-6-10-15)14-18(21)16-11-7-8-12-17(16)19/h4-12H,2-3,13-14H2,1H3. The van der Waals surface area contributed by atoms with Crippen molar-refractivity contribution in [3.63, 3.8) is 0 Å². The Balaban J connectivity index is 2.15. The van der Waals surface area contributed by atoms with Gasteiger partial charge in [-0.2, -0.15) is 0 Å². The van der Waals surface area contributed by atoms with Gasteiger partial charge in [0.05, 0.1) is 11.6 Å². The van der Waals surface area contributed by atoms with Gasteiger partial charge in [-0.25, -0.2) is 0 Å². The Kier molecular flexibility index (Phi) is 5.82. The van der Waals surface area contributed by atoms with Crippen LogP contribution >= 0.6 is 11.6 Å². The summed E-state index contributed by atoms with van der Waals surface area (Å²) in [5.41, 5.74) is 1.67. The number of carbonyl (C=O) groups is 1. The van der Waals surface area contributed by atoms with Crippen LogP contribution in [0.25, 0.3) is 0 Å². The molecule has 110 valence electrons. The van der Waals surface area contributed by atoms with Gasteiger partial charge in [-0.1, -0.05) is 55.3 Å². The van der Waals surface area contributed by atoms with Gasteiger partial charge in [0.15, 0.2) is 5.78 Å². The maximum absolute atomic E-state index is 12.5. The molecular formula is C18H20ClNO. The molecule has 0 bridgehead atoms. The number of benzene rings is 2. The molecule has 0 spiro atoms. The first-order chi connectivity index (χ1) is 10.2. The zero-order valence-electron chi connectivity index (χ0n) is 12.3. The van der Waals surface area contributed by atoms with Crippen molar-refractivity contribution in [1.29, 1.82) is 0 Å². The maximum atomic E-state index is 12.5. The van der Waals surface area contributed by atoms with E-state index in [2.05, 4.69) is 11.8 Å². The van der Waals surface area contributed by atoms with Gasteiger partial charge in [0, 0.05) is 17.8 Å². The van der Waals surface area contributed by atoms with Crippen LogP contribution in [0.15, 0.2) is 54.6 Å². The summed E-state index contributed by atoms with van der Waals surface area (Å²) in [5.74, 6) is 0.0561. The number of nitrogens with zero attached hydrogens (tertiary/aromatic N) is 1. The average molecular weight is 302 g/mol. The van der Waals surface area contributed by atoms with E-state index in [1.165, 1.54) is 0 Å². The highest BCUT2D eigenvalue weighted by molar-refractivity contribution is 6.34. The van der Waals surface area contributed by atoms with E-state index >= 15 is 0 Å². The van der Waals surface area contributed by atoms with Crippen molar-refractivity contribution < 1.29 is 4.79 Å². The van der Waals surface area contributed by atoms with Crippen LogP contribution in [-0.4, -0.2) is 18.9 Å². The summed E-state index contributed by atoms with van der Waals surface area (Å²) >= 11 is 6.11. The van der Waals surface area contributed by atoms with Gasteiger partial charge >= 0.3 is 0 Å². The third kappa shape index (κ3) is 4.33. The van der Waals surface area contributed by atoms with Crippen LogP contribution in [0.4, 0.5) is 5.69 Å². The minimum absolute atomic E-state index is 0.0561. The van der Waals surface area contributed by atoms with Gasteiger partial charge < -0.3 is 4.90 Å². The number of para-hydroxylation sites is 1. The largest absolute Gasteiger partial charge is 0.364 e. The molecule has 3 heteroatoms. The highest BCUT2D eigenvalue weighted by Gasteiger charge is 2.15. The summed E-state index contributed by atoms with van der Waals surface area (Å²) in [5, 5.41) is 0.519. The van der Waals surface area contributed by atoms with Crippen LogP contribution in [0, 0.1) is 0 Å². The molecule has 0 aliphatic heterocycles. The van der Waals surface area contributed by atoms with Crippen molar-refractivity contribution in [3.05, 3.63) is 65.2 Å². The third-order valence-electron chi connectivity index (χ3n) is 3.41. The normalized spacial score (nSPS) is 10.4. The van der Waals surface area contributed by atoms with Crippen LogP contribution in [0.3, 0.4) is 0 Å². The average Bonchev–Trinajstić information content (AvgIpc) is 2.52. The fourth-order valence-electron chi connectivity index (χ4n) is 2.23. The SMILES string of the molecule is CCCCN(CC(=O)c1ccccc1Cl)c1ccccc1. The molecule has 0 atom stereocenters. The molecule has 0 saturated heterocycles. The van der Waals surface area contributed by atoms with E-state index in [-0.39, 0.29) is 5.78 Å². The summed E-state index contributed by atoms with van der Waals surface area (Å²) < 4.78 is 0. The van der Waals surface area contributed by atoms with Crippen molar-refractivity contribution in [2.75, 3.05) is 18.0 Å². The van der Waals surface area contributed by atoms with Crippen molar-refractivity contribution in [2.45, 2.75) is 19.8 Å². The maximum Gasteiger partial charge on any atom is 0.183 e. The molecule has 0 unspecified atom stereocenters. The van der Waals surface area contributed by atoms with Gasteiger partial charge in [-0.15, -0.1) is 0 Å². The first-order valence-corrected chi connectivity index (χ1v) is 7.68. The van der Waals surface area contributed by atoms with E-state index < -0.39 is 0 Å². The fourth-order valence-corrected chi connectivity index (χ4v) is 2.47. The number of rotatable bonds is 7. The van der Waals surface area contributed by atoms with Gasteiger partial charge in [0.2, 0.25) is 0 Å². The van der Waals surface area contributed by atoms with Crippen molar-refractivity contribution in [1.82, 2.24) is 0 Å². The Morgan fingerprint density at radius 3 is 2.38 bits per heavy atom. The number of ketones is 1. The molecule has 0 aromatic heterocycles. The Morgan fingerprint density at radius 2 is 1.71 bits per heavy atom. The van der Waals surface area contributed by atoms with Crippen LogP contribution in [0.2, 0.25) is 5.02 Å². The van der Waals surface area contributed by atoms with Gasteiger partial charge in [-0.05, 0) is 30.7 Å². The minimum Gasteiger partial charge on any atom is -0.364 e. The molecule has 0 saturated carbocycles. The van der Waals surface area contributed by atoms with Crippen LogP contribution in [0.1, 0.15) is 30.1 Å². The van der Waals surface area contributed by atoms with Gasteiger partial charge in [0.25, 0.3) is 0 Å². The number of Topliss-reactive ketones (excluding diaryl/α,β-unsaturated/α-hetero) is 1. The van der Waals surface area contributed by atoms with Gasteiger partial charge in [-0.3, -0.25) is 4.79 Å². The fraction of sp³-hybridized carbons (Fsp3) is 0.278. The second kappa shape index (κ2) is 7.84. The Bertz CT molecular complexity index is 583. The number of halogens is 1. The van der Waals surface area contributed by atoms with E-state index in [9.17, 15) is 4.79 Å². The predicted molar refractivity (Wildman–Crippen MR) is 89.3 cm³/mol. The lowest BCUT2D eigenvalue weighted by Gasteiger charge is -2.24. The highest BCUT2D eigenvalue weighted by Crippen LogP contribution is 2.19. The van der Waals surface area contributed by atoms with Crippen LogP contribution < -0.4 is 4.90 Å². The quantitative estimate of drug-likeness (QED) is 0.683. The van der Waals surface area contributed by atoms with E-state index in [4.69, 9.17) is 11.6 Å². The van der Waals surface area contributed by atoms with E-state index in [1.54, 1.807) is 12.1 Å². The molecule has 0 aliphatic carbocycles. The number of hydrogen-bond acceptors (Lipinski definition) is 2. The monoisotopic (exact) mass is 301 g/mol. The van der Waals surface area contributed by atoms with Gasteiger partial charge in [0.1, 0.15) is 0 Å². The second-order valence-corrected chi connectivity index (χ2v) is 5.42. The van der Waals surface area contributed by atoms with Crippen LogP contribution in [0.5, 0.6) is 0 Å². The van der Waals surface area contributed by atoms with Crippen molar-refractivity contribution in [2.24, 2.45) is 0 Å². The number of hydrogen-bond donors (Lipinski definition) is 0. The zero-order valence-corrected chi connectivity index (χ0v) is 13.0. The first-order valence-electron chi connectivity index (χ1n) is 7.30. The lowest BCUT2D eigenvalue weighted by molar-refractivity contribution is 0.0999. The Morgan fingerprint density at radius 1 is 1.05 bits per heavy atom. The summed E-state index contributed by atoms with van der Waals surface area (Å²) in [6.45, 7) is 3.38. The lowest BCUT2D eigenvalue weighted by atomic mass is 10.1. The summed E-state index contributed by atoms with van der Waals surface area (Å²) in [6, 6.07) is 17.3. The van der Waals surface area contributed by atoms with E-state index in [1.807, 2.05) is 42.5 Å². The Hall–Kier alpha value is -1.80. The molecule has 21 heavy (non-hydrogen) atoms. The van der Waals surface area contributed by atoms with Crippen LogP contribution in [-0.2, 0) is 0 Å². The minimum atomic E-state index is 0.0561. The summed E-state index contributed by atoms with van der Waals surface area (Å²) in [4.78, 5) is 14.6. The number of carbonyl (C=O) groups excluding carboxylic acids is 1. The second-order valence-electron chi connectivity index (χ2n) is 5.01.